The quantitative estimate of drug-likeness (QED) is 0.616. The maximum atomic E-state index is 14.2. The summed E-state index contributed by atoms with van der Waals surface area (Å²) in [4.78, 5) is 27.1. The van der Waals surface area contributed by atoms with Crippen LogP contribution in [0.2, 0.25) is 0 Å². The van der Waals surface area contributed by atoms with Gasteiger partial charge < -0.3 is 5.32 Å². The molecule has 2 amide bonds. The van der Waals surface area contributed by atoms with E-state index >= 15 is 0 Å². The predicted molar refractivity (Wildman–Crippen MR) is 137 cm³/mol. The smallest absolute Gasteiger partial charge is 0.328 e. The van der Waals surface area contributed by atoms with Gasteiger partial charge in [-0.3, -0.25) is 20.1 Å². The summed E-state index contributed by atoms with van der Waals surface area (Å²) < 4.78 is 14.2. The zero-order valence-corrected chi connectivity index (χ0v) is 20.5. The second-order valence-electron chi connectivity index (χ2n) is 9.86. The number of aliphatic imine (C=N–C) groups is 1. The van der Waals surface area contributed by atoms with Gasteiger partial charge in [0.15, 0.2) is 0 Å². The lowest BCUT2D eigenvalue weighted by atomic mass is 9.84. The number of likely N-dealkylation sites (tertiary alicyclic amines) is 1. The van der Waals surface area contributed by atoms with Crippen LogP contribution in [0.5, 0.6) is 0 Å². The summed E-state index contributed by atoms with van der Waals surface area (Å²) in [7, 11) is 0. The molecule has 1 saturated carbocycles. The van der Waals surface area contributed by atoms with Gasteiger partial charge in [0, 0.05) is 43.6 Å². The van der Waals surface area contributed by atoms with Gasteiger partial charge >= 0.3 is 6.03 Å². The molecule has 0 unspecified atom stereocenters. The van der Waals surface area contributed by atoms with E-state index in [1.807, 2.05) is 18.3 Å². The van der Waals surface area contributed by atoms with Crippen LogP contribution in [0, 0.1) is 5.82 Å². The van der Waals surface area contributed by atoms with E-state index in [0.717, 1.165) is 63.5 Å². The van der Waals surface area contributed by atoms with Gasteiger partial charge in [-0.05, 0) is 56.9 Å². The third-order valence-corrected chi connectivity index (χ3v) is 7.56. The van der Waals surface area contributed by atoms with Crippen LogP contribution in [-0.4, -0.2) is 53.0 Å². The standard InChI is InChI=1S/C27H35FN6O/c1-2-29-24-20(8-7-15-30-24)19-33-16-13-27(14-17-33)25(31-22-10-4-3-5-11-22)32-26(35)34(27)23-12-6-9-21(28)18-23/h6-9,12,15,18,22H,2-5,10-11,13-14,16-17,19H2,1H3,(H,29,30)(H,31,32,35). The van der Waals surface area contributed by atoms with Crippen molar-refractivity contribution in [3.05, 3.63) is 54.0 Å². The Labute approximate surface area is 206 Å². The second kappa shape index (κ2) is 10.3. The molecule has 2 aromatic rings. The minimum absolute atomic E-state index is 0.208. The molecule has 2 N–H and O–H groups in total. The highest BCUT2D eigenvalue weighted by Crippen LogP contribution is 2.39. The lowest BCUT2D eigenvalue weighted by molar-refractivity contribution is 0.184. The first-order valence-electron chi connectivity index (χ1n) is 12.9. The molecule has 35 heavy (non-hydrogen) atoms. The Balaban J connectivity index is 1.41. The summed E-state index contributed by atoms with van der Waals surface area (Å²) in [5.74, 6) is 1.36. The van der Waals surface area contributed by atoms with Crippen molar-refractivity contribution in [2.24, 2.45) is 4.99 Å². The van der Waals surface area contributed by atoms with Crippen LogP contribution < -0.4 is 15.5 Å². The molecule has 1 spiro atoms. The van der Waals surface area contributed by atoms with E-state index in [1.54, 1.807) is 11.0 Å². The molecule has 186 valence electrons. The highest BCUT2D eigenvalue weighted by molar-refractivity contribution is 6.19. The molecule has 3 aliphatic rings. The van der Waals surface area contributed by atoms with Crippen molar-refractivity contribution in [3.63, 3.8) is 0 Å². The number of nitrogens with zero attached hydrogens (tertiary/aromatic N) is 4. The zero-order chi connectivity index (χ0) is 24.3. The van der Waals surface area contributed by atoms with Crippen LogP contribution in [-0.2, 0) is 6.54 Å². The molecule has 3 heterocycles. The Hall–Kier alpha value is -3.00. The van der Waals surface area contributed by atoms with Crippen molar-refractivity contribution >= 4 is 23.4 Å². The van der Waals surface area contributed by atoms with Gasteiger partial charge in [-0.15, -0.1) is 0 Å². The van der Waals surface area contributed by atoms with Gasteiger partial charge in [0.05, 0.1) is 6.04 Å². The fourth-order valence-corrected chi connectivity index (χ4v) is 5.77. The third kappa shape index (κ3) is 4.89. The average molecular weight is 479 g/mol. The van der Waals surface area contributed by atoms with E-state index < -0.39 is 5.54 Å². The number of pyridine rings is 1. The van der Waals surface area contributed by atoms with Crippen LogP contribution in [0.4, 0.5) is 20.7 Å². The van der Waals surface area contributed by atoms with Crippen molar-refractivity contribution in [2.75, 3.05) is 29.9 Å². The van der Waals surface area contributed by atoms with E-state index in [-0.39, 0.29) is 17.9 Å². The Kier molecular flexibility index (Phi) is 7.00. The molecule has 2 saturated heterocycles. The molecule has 3 fully saturated rings. The maximum Gasteiger partial charge on any atom is 0.328 e. The molecular weight excluding hydrogens is 443 g/mol. The first kappa shape index (κ1) is 23.7. The molecule has 1 aromatic carbocycles. The van der Waals surface area contributed by atoms with E-state index in [9.17, 15) is 9.18 Å². The molecule has 7 nitrogen and oxygen atoms in total. The number of piperidine rings is 1. The monoisotopic (exact) mass is 478 g/mol. The minimum atomic E-state index is -0.571. The van der Waals surface area contributed by atoms with Crippen LogP contribution in [0.3, 0.4) is 0 Å². The lowest BCUT2D eigenvalue weighted by Crippen LogP contribution is -2.57. The van der Waals surface area contributed by atoms with E-state index in [4.69, 9.17) is 4.99 Å². The number of halogens is 1. The van der Waals surface area contributed by atoms with Crippen LogP contribution >= 0.6 is 0 Å². The van der Waals surface area contributed by atoms with Gasteiger partial charge in [0.2, 0.25) is 0 Å². The molecular formula is C27H35FN6O. The Bertz CT molecular complexity index is 1070. The van der Waals surface area contributed by atoms with Gasteiger partial charge in [0.25, 0.3) is 0 Å². The largest absolute Gasteiger partial charge is 0.370 e. The topological polar surface area (TPSA) is 72.9 Å². The number of anilines is 2. The number of rotatable bonds is 6. The first-order chi connectivity index (χ1) is 17.1. The van der Waals surface area contributed by atoms with Crippen LogP contribution in [0.25, 0.3) is 0 Å². The maximum absolute atomic E-state index is 14.2. The SMILES string of the molecule is CCNc1ncccc1CN1CCC2(CC1)C(=NC1CCCCC1)NC(=O)N2c1cccc(F)c1. The number of nitrogens with one attached hydrogen (secondary N) is 2. The van der Waals surface area contributed by atoms with Crippen molar-refractivity contribution in [1.82, 2.24) is 15.2 Å². The molecule has 8 heteroatoms. The molecule has 1 aromatic heterocycles. The minimum Gasteiger partial charge on any atom is -0.370 e. The lowest BCUT2D eigenvalue weighted by Gasteiger charge is -2.44. The van der Waals surface area contributed by atoms with E-state index in [1.165, 1.54) is 37.0 Å². The number of amidine groups is 1. The number of hydrogen-bond donors (Lipinski definition) is 2. The van der Waals surface area contributed by atoms with E-state index in [2.05, 4.69) is 33.5 Å². The molecule has 2 aliphatic heterocycles. The summed E-state index contributed by atoms with van der Waals surface area (Å²) in [6.07, 6.45) is 9.05. The number of hydrogen-bond acceptors (Lipinski definition) is 5. The summed E-state index contributed by atoms with van der Waals surface area (Å²) in [5.41, 5.74) is 1.19. The van der Waals surface area contributed by atoms with Crippen molar-refractivity contribution in [2.45, 2.75) is 70.0 Å². The third-order valence-electron chi connectivity index (χ3n) is 7.56. The van der Waals surface area contributed by atoms with Gasteiger partial charge in [-0.1, -0.05) is 31.4 Å². The summed E-state index contributed by atoms with van der Waals surface area (Å²) in [5, 5.41) is 6.45. The number of amides is 2. The number of carbonyl (C=O) groups is 1. The Morgan fingerprint density at radius 1 is 1.17 bits per heavy atom. The number of carbonyl (C=O) groups excluding carboxylic acids is 1. The Morgan fingerprint density at radius 3 is 2.71 bits per heavy atom. The summed E-state index contributed by atoms with van der Waals surface area (Å²) in [6, 6.07) is 10.5. The highest BCUT2D eigenvalue weighted by Gasteiger charge is 2.53. The molecule has 0 atom stereocenters. The normalized spacial score (nSPS) is 22.1. The molecule has 0 radical (unpaired) electrons. The molecule has 1 aliphatic carbocycles. The van der Waals surface area contributed by atoms with Crippen molar-refractivity contribution < 1.29 is 9.18 Å². The molecule has 0 bridgehead atoms. The number of urea groups is 1. The van der Waals surface area contributed by atoms with Gasteiger partial charge in [-0.2, -0.15) is 0 Å². The molecule has 5 rings (SSSR count). The van der Waals surface area contributed by atoms with Crippen LogP contribution in [0.15, 0.2) is 47.6 Å². The van der Waals surface area contributed by atoms with Crippen molar-refractivity contribution in [1.29, 1.82) is 0 Å². The second-order valence-corrected chi connectivity index (χ2v) is 9.86. The van der Waals surface area contributed by atoms with Crippen LogP contribution in [0.1, 0.15) is 57.4 Å². The number of benzene rings is 1. The van der Waals surface area contributed by atoms with Gasteiger partial charge in [-0.25, -0.2) is 14.2 Å². The zero-order valence-electron chi connectivity index (χ0n) is 20.5. The fourth-order valence-electron chi connectivity index (χ4n) is 5.77. The van der Waals surface area contributed by atoms with Gasteiger partial charge in [0.1, 0.15) is 23.0 Å². The van der Waals surface area contributed by atoms with E-state index in [0.29, 0.717) is 5.69 Å². The number of aromatic nitrogens is 1. The predicted octanol–water partition coefficient (Wildman–Crippen LogP) is 4.95. The Morgan fingerprint density at radius 2 is 1.97 bits per heavy atom. The summed E-state index contributed by atoms with van der Waals surface area (Å²) in [6.45, 7) is 5.31. The fraction of sp³-hybridized carbons (Fsp3) is 0.519. The highest BCUT2D eigenvalue weighted by atomic mass is 19.1. The van der Waals surface area contributed by atoms with Crippen molar-refractivity contribution in [3.8, 4) is 0 Å². The first-order valence-corrected chi connectivity index (χ1v) is 12.9. The summed E-state index contributed by atoms with van der Waals surface area (Å²) >= 11 is 0. The average Bonchev–Trinajstić information content (AvgIpc) is 3.12.